The average molecular weight is 289 g/mol. The summed E-state index contributed by atoms with van der Waals surface area (Å²) in [5.74, 6) is 0. The Kier molecular flexibility index (Phi) is 3.67. The van der Waals surface area contributed by atoms with Crippen molar-refractivity contribution in [1.29, 1.82) is 0 Å². The van der Waals surface area contributed by atoms with Crippen LogP contribution in [-0.2, 0) is 9.84 Å². The van der Waals surface area contributed by atoms with E-state index in [9.17, 15) is 18.5 Å². The van der Waals surface area contributed by atoms with Gasteiger partial charge >= 0.3 is 0 Å². The predicted octanol–water partition coefficient (Wildman–Crippen LogP) is 3.07. The lowest BCUT2D eigenvalue weighted by Crippen LogP contribution is -2.02. The van der Waals surface area contributed by atoms with Crippen LogP contribution in [0.5, 0.6) is 0 Å². The first-order valence-electron chi connectivity index (χ1n) is 5.67. The fourth-order valence-corrected chi connectivity index (χ4v) is 2.93. The highest BCUT2D eigenvalue weighted by Crippen LogP contribution is 2.23. The smallest absolute Gasteiger partial charge is 0.258 e. The Morgan fingerprint density at radius 2 is 1.40 bits per heavy atom. The second-order valence-electron chi connectivity index (χ2n) is 4.03. The zero-order valence-corrected chi connectivity index (χ0v) is 11.2. The van der Waals surface area contributed by atoms with E-state index in [1.54, 1.807) is 18.2 Å². The van der Waals surface area contributed by atoms with Crippen molar-refractivity contribution in [2.24, 2.45) is 0 Å². The maximum Gasteiger partial charge on any atom is 0.269 e. The molecule has 0 N–H and O–H groups in total. The van der Waals surface area contributed by atoms with Gasteiger partial charge in [0.25, 0.3) is 5.69 Å². The lowest BCUT2D eigenvalue weighted by atomic mass is 10.2. The zero-order chi connectivity index (χ0) is 14.8. The first-order chi connectivity index (χ1) is 9.45. The van der Waals surface area contributed by atoms with E-state index in [4.69, 9.17) is 0 Å². The maximum absolute atomic E-state index is 12.3. The molecule has 0 aliphatic heterocycles. The van der Waals surface area contributed by atoms with Crippen LogP contribution in [0.2, 0.25) is 0 Å². The molecule has 102 valence electrons. The third-order valence-corrected chi connectivity index (χ3v) is 4.57. The molecule has 2 aromatic carbocycles. The SMILES string of the molecule is C=Cc1ccc(S(=O)(=O)c2ccc([N+](=O)[O-])cc2)cc1. The van der Waals surface area contributed by atoms with Gasteiger partial charge in [-0.1, -0.05) is 24.8 Å². The zero-order valence-electron chi connectivity index (χ0n) is 10.4. The van der Waals surface area contributed by atoms with Gasteiger partial charge in [0, 0.05) is 12.1 Å². The minimum absolute atomic E-state index is 0.0226. The molecule has 0 unspecified atom stereocenters. The second-order valence-corrected chi connectivity index (χ2v) is 5.98. The van der Waals surface area contributed by atoms with Crippen molar-refractivity contribution < 1.29 is 13.3 Å². The van der Waals surface area contributed by atoms with E-state index in [0.29, 0.717) is 0 Å². The third-order valence-electron chi connectivity index (χ3n) is 2.78. The molecule has 0 aromatic heterocycles. The molecule has 2 aromatic rings. The molecule has 0 saturated carbocycles. The fraction of sp³-hybridized carbons (Fsp3) is 0. The Morgan fingerprint density at radius 1 is 0.950 bits per heavy atom. The minimum atomic E-state index is -3.66. The van der Waals surface area contributed by atoms with Crippen LogP contribution in [0.15, 0.2) is 64.9 Å². The number of sulfone groups is 1. The van der Waals surface area contributed by atoms with Crippen molar-refractivity contribution in [3.8, 4) is 0 Å². The number of nitro benzene ring substituents is 1. The standard InChI is InChI=1S/C14H11NO4S/c1-2-11-3-7-13(8-4-11)20(18,19)14-9-5-12(6-10-14)15(16)17/h2-10H,1H2. The van der Waals surface area contributed by atoms with E-state index in [2.05, 4.69) is 6.58 Å². The van der Waals surface area contributed by atoms with Crippen molar-refractivity contribution >= 4 is 21.6 Å². The Balaban J connectivity index is 2.43. The Labute approximate surface area is 116 Å². The van der Waals surface area contributed by atoms with E-state index < -0.39 is 14.8 Å². The normalized spacial score (nSPS) is 11.0. The van der Waals surface area contributed by atoms with Gasteiger partial charge in [-0.15, -0.1) is 0 Å². The lowest BCUT2D eigenvalue weighted by molar-refractivity contribution is -0.384. The highest BCUT2D eigenvalue weighted by Gasteiger charge is 2.18. The molecule has 0 atom stereocenters. The summed E-state index contributed by atoms with van der Waals surface area (Å²) in [6, 6.07) is 11.1. The van der Waals surface area contributed by atoms with Crippen LogP contribution in [0.25, 0.3) is 6.08 Å². The highest BCUT2D eigenvalue weighted by molar-refractivity contribution is 7.91. The van der Waals surface area contributed by atoms with Crippen molar-refractivity contribution in [2.45, 2.75) is 9.79 Å². The van der Waals surface area contributed by atoms with Gasteiger partial charge in [0.05, 0.1) is 14.7 Å². The number of nitro groups is 1. The molecule has 0 radical (unpaired) electrons. The van der Waals surface area contributed by atoms with Gasteiger partial charge in [-0.25, -0.2) is 8.42 Å². The number of hydrogen-bond acceptors (Lipinski definition) is 4. The molecule has 0 heterocycles. The summed E-state index contributed by atoms with van der Waals surface area (Å²) >= 11 is 0. The van der Waals surface area contributed by atoms with Gasteiger partial charge in [-0.2, -0.15) is 0 Å². The predicted molar refractivity (Wildman–Crippen MR) is 75.1 cm³/mol. The molecule has 20 heavy (non-hydrogen) atoms. The summed E-state index contributed by atoms with van der Waals surface area (Å²) in [7, 11) is -3.66. The second kappa shape index (κ2) is 5.26. The van der Waals surface area contributed by atoms with Crippen molar-refractivity contribution in [3.05, 3.63) is 70.8 Å². The van der Waals surface area contributed by atoms with Crippen LogP contribution in [0.4, 0.5) is 5.69 Å². The number of hydrogen-bond donors (Lipinski definition) is 0. The van der Waals surface area contributed by atoms with E-state index in [1.165, 1.54) is 36.4 Å². The molecule has 0 fully saturated rings. The fourth-order valence-electron chi connectivity index (χ4n) is 1.67. The van der Waals surface area contributed by atoms with Gasteiger partial charge in [0.2, 0.25) is 9.84 Å². The van der Waals surface area contributed by atoms with Crippen LogP contribution in [-0.4, -0.2) is 13.3 Å². The summed E-state index contributed by atoms with van der Waals surface area (Å²) in [6.45, 7) is 3.59. The number of non-ortho nitro benzene ring substituents is 1. The maximum atomic E-state index is 12.3. The summed E-state index contributed by atoms with van der Waals surface area (Å²) < 4.78 is 24.6. The van der Waals surface area contributed by atoms with Crippen LogP contribution >= 0.6 is 0 Å². The van der Waals surface area contributed by atoms with Crippen LogP contribution < -0.4 is 0 Å². The van der Waals surface area contributed by atoms with Gasteiger partial charge in [0.1, 0.15) is 0 Å². The van der Waals surface area contributed by atoms with E-state index in [1.807, 2.05) is 0 Å². The van der Waals surface area contributed by atoms with Crippen LogP contribution in [0, 0.1) is 10.1 Å². The molecule has 0 amide bonds. The van der Waals surface area contributed by atoms with Crippen molar-refractivity contribution in [1.82, 2.24) is 0 Å². The topological polar surface area (TPSA) is 77.3 Å². The number of benzene rings is 2. The summed E-state index contributed by atoms with van der Waals surface area (Å²) in [5, 5.41) is 10.5. The molecule has 0 spiro atoms. The quantitative estimate of drug-likeness (QED) is 0.640. The molecule has 0 saturated heterocycles. The summed E-state index contributed by atoms with van der Waals surface area (Å²) in [6.07, 6.45) is 1.61. The Bertz CT molecular complexity index is 747. The molecule has 5 nitrogen and oxygen atoms in total. The molecule has 0 aliphatic rings. The van der Waals surface area contributed by atoms with Crippen LogP contribution in [0.3, 0.4) is 0 Å². The van der Waals surface area contributed by atoms with Gasteiger partial charge in [0.15, 0.2) is 0 Å². The average Bonchev–Trinajstić information content (AvgIpc) is 2.47. The molecular weight excluding hydrogens is 278 g/mol. The summed E-state index contributed by atoms with van der Waals surface area (Å²) in [4.78, 5) is 10.1. The largest absolute Gasteiger partial charge is 0.269 e. The first-order valence-corrected chi connectivity index (χ1v) is 7.15. The van der Waals surface area contributed by atoms with E-state index in [-0.39, 0.29) is 15.5 Å². The Hall–Kier alpha value is -2.47. The van der Waals surface area contributed by atoms with Crippen molar-refractivity contribution in [3.63, 3.8) is 0 Å². The van der Waals surface area contributed by atoms with E-state index >= 15 is 0 Å². The summed E-state index contributed by atoms with van der Waals surface area (Å²) in [5.41, 5.74) is 0.665. The Morgan fingerprint density at radius 3 is 1.80 bits per heavy atom. The van der Waals surface area contributed by atoms with Gasteiger partial charge < -0.3 is 0 Å². The molecule has 2 rings (SSSR count). The van der Waals surface area contributed by atoms with Crippen molar-refractivity contribution in [2.75, 3.05) is 0 Å². The molecular formula is C14H11NO4S. The van der Waals surface area contributed by atoms with Crippen LogP contribution in [0.1, 0.15) is 5.56 Å². The molecule has 0 aliphatic carbocycles. The minimum Gasteiger partial charge on any atom is -0.258 e. The van der Waals surface area contributed by atoms with Gasteiger partial charge in [-0.3, -0.25) is 10.1 Å². The first kappa shape index (κ1) is 14.0. The lowest BCUT2D eigenvalue weighted by Gasteiger charge is -2.04. The molecule has 0 bridgehead atoms. The number of rotatable bonds is 4. The van der Waals surface area contributed by atoms with E-state index in [0.717, 1.165) is 5.56 Å². The van der Waals surface area contributed by atoms with Gasteiger partial charge in [-0.05, 0) is 29.8 Å². The third kappa shape index (κ3) is 2.60. The molecule has 6 heteroatoms. The highest BCUT2D eigenvalue weighted by atomic mass is 32.2. The monoisotopic (exact) mass is 289 g/mol. The number of nitrogens with zero attached hydrogens (tertiary/aromatic N) is 1.